The summed E-state index contributed by atoms with van der Waals surface area (Å²) in [5, 5.41) is 20.7. The average Bonchev–Trinajstić information content (AvgIpc) is 2.45. The van der Waals surface area contributed by atoms with E-state index in [9.17, 15) is 18.4 Å². The number of rotatable bonds is 8. The SMILES string of the molecule is CCC(CO)NC(CC(=O)O)C(=O)c1ccc(F)c(F)c1. The summed E-state index contributed by atoms with van der Waals surface area (Å²) < 4.78 is 26.0. The first-order valence-electron chi connectivity index (χ1n) is 6.47. The molecule has 0 aliphatic carbocycles. The fourth-order valence-electron chi connectivity index (χ4n) is 1.84. The third-order valence-corrected chi connectivity index (χ3v) is 3.05. The lowest BCUT2D eigenvalue weighted by atomic mass is 10.00. The zero-order valence-corrected chi connectivity index (χ0v) is 11.5. The molecule has 5 nitrogen and oxygen atoms in total. The van der Waals surface area contributed by atoms with Crippen molar-refractivity contribution in [2.24, 2.45) is 0 Å². The van der Waals surface area contributed by atoms with Gasteiger partial charge in [0.2, 0.25) is 0 Å². The van der Waals surface area contributed by atoms with E-state index in [1.165, 1.54) is 0 Å². The Hall–Kier alpha value is -1.86. The molecule has 1 aromatic carbocycles. The van der Waals surface area contributed by atoms with Gasteiger partial charge in [-0.05, 0) is 24.6 Å². The molecule has 0 bridgehead atoms. The topological polar surface area (TPSA) is 86.6 Å². The van der Waals surface area contributed by atoms with Crippen LogP contribution in [0.15, 0.2) is 18.2 Å². The van der Waals surface area contributed by atoms with E-state index in [4.69, 9.17) is 10.2 Å². The Morgan fingerprint density at radius 1 is 1.29 bits per heavy atom. The van der Waals surface area contributed by atoms with Gasteiger partial charge in [-0.25, -0.2) is 8.78 Å². The van der Waals surface area contributed by atoms with Crippen LogP contribution < -0.4 is 5.32 Å². The number of carbonyl (C=O) groups excluding carboxylic acids is 1. The Bertz CT molecular complexity index is 518. The van der Waals surface area contributed by atoms with E-state index in [1.54, 1.807) is 6.92 Å². The minimum absolute atomic E-state index is 0.125. The molecule has 0 fully saturated rings. The lowest BCUT2D eigenvalue weighted by Crippen LogP contribution is -2.46. The maximum atomic E-state index is 13.2. The van der Waals surface area contributed by atoms with Crippen molar-refractivity contribution < 1.29 is 28.6 Å². The van der Waals surface area contributed by atoms with Crippen molar-refractivity contribution in [1.82, 2.24) is 5.32 Å². The Morgan fingerprint density at radius 3 is 2.43 bits per heavy atom. The van der Waals surface area contributed by atoms with Crippen LogP contribution in [-0.4, -0.2) is 40.7 Å². The summed E-state index contributed by atoms with van der Waals surface area (Å²) in [5.74, 6) is -4.14. The van der Waals surface area contributed by atoms with Crippen LogP contribution >= 0.6 is 0 Å². The normalized spacial score (nSPS) is 13.7. The number of benzene rings is 1. The summed E-state index contributed by atoms with van der Waals surface area (Å²) in [6.07, 6.45) is -0.0357. The van der Waals surface area contributed by atoms with Crippen molar-refractivity contribution in [2.45, 2.75) is 31.8 Å². The Labute approximate surface area is 120 Å². The van der Waals surface area contributed by atoms with Crippen LogP contribution in [0.1, 0.15) is 30.1 Å². The van der Waals surface area contributed by atoms with Crippen LogP contribution in [0.2, 0.25) is 0 Å². The van der Waals surface area contributed by atoms with Gasteiger partial charge >= 0.3 is 5.97 Å². The highest BCUT2D eigenvalue weighted by molar-refractivity contribution is 6.01. The maximum absolute atomic E-state index is 13.2. The Morgan fingerprint density at radius 2 is 1.95 bits per heavy atom. The number of Topliss-reactive ketones (excluding diaryl/α,β-unsaturated/α-hetero) is 1. The Kier molecular flexibility index (Phi) is 6.39. The molecule has 0 aromatic heterocycles. The van der Waals surface area contributed by atoms with Crippen LogP contribution in [0.5, 0.6) is 0 Å². The third kappa shape index (κ3) is 4.87. The molecule has 0 spiro atoms. The highest BCUT2D eigenvalue weighted by atomic mass is 19.2. The quantitative estimate of drug-likeness (QED) is 0.631. The van der Waals surface area contributed by atoms with E-state index in [2.05, 4.69) is 5.32 Å². The number of aliphatic hydroxyl groups excluding tert-OH is 1. The minimum atomic E-state index is -1.21. The number of aliphatic hydroxyl groups is 1. The summed E-state index contributed by atoms with van der Waals surface area (Å²) in [6, 6.07) is 1.06. The van der Waals surface area contributed by atoms with Crippen LogP contribution in [0.4, 0.5) is 8.78 Å². The van der Waals surface area contributed by atoms with Gasteiger partial charge in [-0.15, -0.1) is 0 Å². The lowest BCUT2D eigenvalue weighted by molar-refractivity contribution is -0.137. The first-order chi connectivity index (χ1) is 9.88. The van der Waals surface area contributed by atoms with Crippen LogP contribution in [0.25, 0.3) is 0 Å². The second-order valence-electron chi connectivity index (χ2n) is 4.60. The summed E-state index contributed by atoms with van der Waals surface area (Å²) in [4.78, 5) is 23.1. The van der Waals surface area contributed by atoms with E-state index in [0.717, 1.165) is 18.2 Å². The van der Waals surface area contributed by atoms with Gasteiger partial charge in [-0.3, -0.25) is 9.59 Å². The van der Waals surface area contributed by atoms with E-state index in [-0.39, 0.29) is 12.2 Å². The molecule has 0 amide bonds. The van der Waals surface area contributed by atoms with Gasteiger partial charge in [0.25, 0.3) is 0 Å². The number of nitrogens with one attached hydrogen (secondary N) is 1. The summed E-state index contributed by atoms with van der Waals surface area (Å²) in [6.45, 7) is 1.49. The number of carbonyl (C=O) groups is 2. The zero-order chi connectivity index (χ0) is 16.0. The van der Waals surface area contributed by atoms with E-state index in [1.807, 2.05) is 0 Å². The molecule has 2 unspecified atom stereocenters. The number of hydrogen-bond acceptors (Lipinski definition) is 4. The first-order valence-corrected chi connectivity index (χ1v) is 6.47. The van der Waals surface area contributed by atoms with E-state index >= 15 is 0 Å². The van der Waals surface area contributed by atoms with Gasteiger partial charge in [-0.1, -0.05) is 6.92 Å². The molecule has 1 rings (SSSR count). The predicted molar refractivity (Wildman–Crippen MR) is 71.0 cm³/mol. The van der Waals surface area contributed by atoms with Gasteiger partial charge < -0.3 is 15.5 Å². The fraction of sp³-hybridized carbons (Fsp3) is 0.429. The molecule has 2 atom stereocenters. The molecule has 116 valence electrons. The van der Waals surface area contributed by atoms with Crippen molar-refractivity contribution in [3.05, 3.63) is 35.4 Å². The van der Waals surface area contributed by atoms with Crippen LogP contribution in [0.3, 0.4) is 0 Å². The van der Waals surface area contributed by atoms with Crippen molar-refractivity contribution in [1.29, 1.82) is 0 Å². The van der Waals surface area contributed by atoms with Crippen molar-refractivity contribution in [3.8, 4) is 0 Å². The predicted octanol–water partition coefficient (Wildman–Crippen LogP) is 1.35. The molecular weight excluding hydrogens is 284 g/mol. The molecule has 21 heavy (non-hydrogen) atoms. The van der Waals surface area contributed by atoms with Gasteiger partial charge in [0.15, 0.2) is 17.4 Å². The molecule has 0 saturated heterocycles. The molecule has 1 aromatic rings. The number of hydrogen-bond donors (Lipinski definition) is 3. The van der Waals surface area contributed by atoms with Gasteiger partial charge in [-0.2, -0.15) is 0 Å². The largest absolute Gasteiger partial charge is 0.481 e. The van der Waals surface area contributed by atoms with Crippen LogP contribution in [0, 0.1) is 11.6 Å². The Balaban J connectivity index is 2.97. The summed E-state index contributed by atoms with van der Waals surface area (Å²) in [5.41, 5.74) is -0.125. The standard InChI is InChI=1S/C14H17F2NO4/c1-2-9(7-18)17-12(6-13(19)20)14(21)8-3-4-10(15)11(16)5-8/h3-5,9,12,17-18H,2,6-7H2,1H3,(H,19,20). The molecule has 0 saturated carbocycles. The highest BCUT2D eigenvalue weighted by Gasteiger charge is 2.25. The molecule has 7 heteroatoms. The first kappa shape index (κ1) is 17.2. The van der Waals surface area contributed by atoms with Crippen LogP contribution in [-0.2, 0) is 4.79 Å². The summed E-state index contributed by atoms with van der Waals surface area (Å²) >= 11 is 0. The number of halogens is 2. The molecule has 0 aliphatic rings. The van der Waals surface area contributed by atoms with E-state index in [0.29, 0.717) is 6.42 Å². The summed E-state index contributed by atoms with van der Waals surface area (Å²) in [7, 11) is 0. The van der Waals surface area contributed by atoms with Gasteiger partial charge in [0.05, 0.1) is 19.1 Å². The second-order valence-corrected chi connectivity index (χ2v) is 4.60. The van der Waals surface area contributed by atoms with Crippen molar-refractivity contribution in [2.75, 3.05) is 6.61 Å². The number of carboxylic acid groups (broad SMARTS) is 1. The maximum Gasteiger partial charge on any atom is 0.305 e. The monoisotopic (exact) mass is 301 g/mol. The number of aliphatic carboxylic acids is 1. The zero-order valence-electron chi connectivity index (χ0n) is 11.5. The highest BCUT2D eigenvalue weighted by Crippen LogP contribution is 2.13. The van der Waals surface area contributed by atoms with Gasteiger partial charge in [0, 0.05) is 11.6 Å². The number of ketones is 1. The lowest BCUT2D eigenvalue weighted by Gasteiger charge is -2.21. The van der Waals surface area contributed by atoms with Crippen molar-refractivity contribution in [3.63, 3.8) is 0 Å². The average molecular weight is 301 g/mol. The molecule has 0 radical (unpaired) electrons. The second kappa shape index (κ2) is 7.80. The number of carboxylic acids is 1. The smallest absolute Gasteiger partial charge is 0.305 e. The fourth-order valence-corrected chi connectivity index (χ4v) is 1.84. The molecule has 0 aliphatic heterocycles. The minimum Gasteiger partial charge on any atom is -0.481 e. The van der Waals surface area contributed by atoms with E-state index < -0.39 is 41.9 Å². The molecular formula is C14H17F2NO4. The molecule has 0 heterocycles. The van der Waals surface area contributed by atoms with Gasteiger partial charge in [0.1, 0.15) is 0 Å². The van der Waals surface area contributed by atoms with Crippen molar-refractivity contribution >= 4 is 11.8 Å². The molecule has 3 N–H and O–H groups in total. The third-order valence-electron chi connectivity index (χ3n) is 3.05.